The van der Waals surface area contributed by atoms with Crippen LogP contribution in [0.15, 0.2) is 30.3 Å². The third-order valence-corrected chi connectivity index (χ3v) is 4.72. The van der Waals surface area contributed by atoms with Gasteiger partial charge in [-0.25, -0.2) is 0 Å². The molecule has 2 aliphatic rings. The fraction of sp³-hybridized carbons (Fsp3) is 0.588. The summed E-state index contributed by atoms with van der Waals surface area (Å²) in [5, 5.41) is 0. The summed E-state index contributed by atoms with van der Waals surface area (Å²) in [5.41, 5.74) is 6.85. The number of nitrogens with two attached hydrogens (primary N) is 1. The predicted molar refractivity (Wildman–Crippen MR) is 101 cm³/mol. The van der Waals surface area contributed by atoms with Crippen LogP contribution in [0, 0.1) is 0 Å². The molecule has 1 aromatic rings. The molecule has 2 N–H and O–H groups in total. The second kappa shape index (κ2) is 9.47. The Bertz CT molecular complexity index is 510. The number of anilines is 1. The maximum Gasteiger partial charge on any atom is 0.242 e. The highest BCUT2D eigenvalue weighted by molar-refractivity contribution is 5.86. The Balaban J connectivity index is 0.00000144. The Hall–Kier alpha value is -1.01. The summed E-state index contributed by atoms with van der Waals surface area (Å²) in [6.45, 7) is 4.56. The molecule has 1 aromatic carbocycles. The maximum atomic E-state index is 12.8. The van der Waals surface area contributed by atoms with Crippen molar-refractivity contribution in [3.05, 3.63) is 30.3 Å². The maximum absolute atomic E-state index is 12.8. The summed E-state index contributed by atoms with van der Waals surface area (Å²) >= 11 is 0. The van der Waals surface area contributed by atoms with Gasteiger partial charge in [0.1, 0.15) is 0 Å². The van der Waals surface area contributed by atoms with Crippen LogP contribution in [0.3, 0.4) is 0 Å². The quantitative estimate of drug-likeness (QED) is 0.859. The fourth-order valence-electron chi connectivity index (χ4n) is 3.28. The molecule has 0 aliphatic carbocycles. The highest BCUT2D eigenvalue weighted by atomic mass is 35.5. The van der Waals surface area contributed by atoms with Crippen molar-refractivity contribution in [1.82, 2.24) is 4.90 Å². The summed E-state index contributed by atoms with van der Waals surface area (Å²) in [6.07, 6.45) is 2.24. The molecule has 2 fully saturated rings. The second-order valence-electron chi connectivity index (χ2n) is 6.24. The van der Waals surface area contributed by atoms with E-state index in [2.05, 4.69) is 29.2 Å². The zero-order chi connectivity index (χ0) is 15.4. The first kappa shape index (κ1) is 21.0. The molecule has 0 aromatic heterocycles. The monoisotopic (exact) mass is 375 g/mol. The van der Waals surface area contributed by atoms with Gasteiger partial charge in [-0.1, -0.05) is 18.2 Å². The number of hydrogen-bond donors (Lipinski definition) is 1. The molecule has 0 radical (unpaired) electrons. The van der Waals surface area contributed by atoms with Gasteiger partial charge in [-0.2, -0.15) is 0 Å². The van der Waals surface area contributed by atoms with Gasteiger partial charge in [0.05, 0.1) is 5.54 Å². The second-order valence-corrected chi connectivity index (χ2v) is 6.24. The average molecular weight is 376 g/mol. The number of halogens is 2. The molecule has 1 amide bonds. The van der Waals surface area contributed by atoms with Crippen LogP contribution in [0.4, 0.5) is 5.69 Å². The van der Waals surface area contributed by atoms with Gasteiger partial charge in [0.25, 0.3) is 0 Å². The number of nitrogens with zero attached hydrogens (tertiary/aromatic N) is 2. The van der Waals surface area contributed by atoms with Crippen molar-refractivity contribution in [1.29, 1.82) is 0 Å². The van der Waals surface area contributed by atoms with Crippen LogP contribution in [0.1, 0.15) is 19.3 Å². The van der Waals surface area contributed by atoms with E-state index < -0.39 is 5.54 Å². The third-order valence-electron chi connectivity index (χ3n) is 4.72. The molecule has 3 rings (SSSR count). The number of rotatable bonds is 2. The van der Waals surface area contributed by atoms with E-state index in [-0.39, 0.29) is 30.7 Å². The lowest BCUT2D eigenvalue weighted by molar-refractivity contribution is -0.140. The normalized spacial score (nSPS) is 20.4. The van der Waals surface area contributed by atoms with Crippen molar-refractivity contribution in [2.24, 2.45) is 5.73 Å². The van der Waals surface area contributed by atoms with E-state index in [1.54, 1.807) is 0 Å². The van der Waals surface area contributed by atoms with Crippen LogP contribution in [0.5, 0.6) is 0 Å². The first-order valence-corrected chi connectivity index (χ1v) is 8.15. The number of carbonyl (C=O) groups is 1. The Labute approximate surface area is 156 Å². The molecular weight excluding hydrogens is 349 g/mol. The first-order valence-electron chi connectivity index (χ1n) is 8.15. The van der Waals surface area contributed by atoms with Gasteiger partial charge in [-0.05, 0) is 31.4 Å². The highest BCUT2D eigenvalue weighted by Crippen LogP contribution is 2.22. The summed E-state index contributed by atoms with van der Waals surface area (Å²) in [5.74, 6) is 0.103. The van der Waals surface area contributed by atoms with Crippen molar-refractivity contribution in [2.45, 2.75) is 24.8 Å². The number of amides is 1. The van der Waals surface area contributed by atoms with Crippen molar-refractivity contribution in [3.8, 4) is 0 Å². The molecule has 136 valence electrons. The number of carbonyl (C=O) groups excluding carboxylic acids is 1. The van der Waals surface area contributed by atoms with E-state index in [1.165, 1.54) is 5.69 Å². The smallest absolute Gasteiger partial charge is 0.242 e. The van der Waals surface area contributed by atoms with Gasteiger partial charge in [-0.15, -0.1) is 24.8 Å². The molecular formula is C17H27Cl2N3O2. The molecule has 5 nitrogen and oxygen atoms in total. The lowest BCUT2D eigenvalue weighted by Gasteiger charge is -2.36. The standard InChI is InChI=1S/C17H25N3O2.2ClH/c18-17(7-13-22-14-8-17)16(21)20-10-4-9-19(11-12-20)15-5-2-1-3-6-15;;/h1-3,5-6H,4,7-14,18H2;2*1H. The minimum atomic E-state index is -0.722. The zero-order valence-electron chi connectivity index (χ0n) is 13.9. The number of hydrogen-bond acceptors (Lipinski definition) is 4. The van der Waals surface area contributed by atoms with Crippen LogP contribution in [0.25, 0.3) is 0 Å². The van der Waals surface area contributed by atoms with Crippen molar-refractivity contribution in [2.75, 3.05) is 44.3 Å². The lowest BCUT2D eigenvalue weighted by atomic mass is 9.89. The van der Waals surface area contributed by atoms with Crippen LogP contribution < -0.4 is 10.6 Å². The van der Waals surface area contributed by atoms with E-state index in [4.69, 9.17) is 10.5 Å². The largest absolute Gasteiger partial charge is 0.381 e. The molecule has 0 atom stereocenters. The molecule has 2 saturated heterocycles. The molecule has 2 heterocycles. The molecule has 0 bridgehead atoms. The van der Waals surface area contributed by atoms with Crippen LogP contribution in [0.2, 0.25) is 0 Å². The van der Waals surface area contributed by atoms with Gasteiger partial charge < -0.3 is 20.3 Å². The Morgan fingerprint density at radius 1 is 1.00 bits per heavy atom. The fourth-order valence-corrected chi connectivity index (χ4v) is 3.28. The summed E-state index contributed by atoms with van der Waals surface area (Å²) in [7, 11) is 0. The van der Waals surface area contributed by atoms with Gasteiger partial charge in [0.2, 0.25) is 5.91 Å². The molecule has 7 heteroatoms. The zero-order valence-corrected chi connectivity index (χ0v) is 15.5. The van der Waals surface area contributed by atoms with Gasteiger partial charge in [-0.3, -0.25) is 4.79 Å². The summed E-state index contributed by atoms with van der Waals surface area (Å²) < 4.78 is 5.34. The van der Waals surface area contributed by atoms with E-state index in [9.17, 15) is 4.79 Å². The van der Waals surface area contributed by atoms with E-state index in [0.29, 0.717) is 26.1 Å². The Kier molecular flexibility index (Phi) is 8.30. The van der Waals surface area contributed by atoms with Gasteiger partial charge >= 0.3 is 0 Å². The number of benzene rings is 1. The SMILES string of the molecule is Cl.Cl.NC1(C(=O)N2CCCN(c3ccccc3)CC2)CCOCC1. The highest BCUT2D eigenvalue weighted by Gasteiger charge is 2.39. The lowest BCUT2D eigenvalue weighted by Crippen LogP contribution is -2.58. The minimum Gasteiger partial charge on any atom is -0.381 e. The van der Waals surface area contributed by atoms with E-state index in [0.717, 1.165) is 32.6 Å². The van der Waals surface area contributed by atoms with Gasteiger partial charge in [0, 0.05) is 45.1 Å². The van der Waals surface area contributed by atoms with Crippen molar-refractivity contribution >= 4 is 36.4 Å². The number of ether oxygens (including phenoxy) is 1. The number of para-hydroxylation sites is 1. The molecule has 0 saturated carbocycles. The molecule has 0 unspecified atom stereocenters. The average Bonchev–Trinajstić information content (AvgIpc) is 2.82. The first-order chi connectivity index (χ1) is 10.7. The Morgan fingerprint density at radius 3 is 2.33 bits per heavy atom. The van der Waals surface area contributed by atoms with Crippen molar-refractivity contribution in [3.63, 3.8) is 0 Å². The van der Waals surface area contributed by atoms with Gasteiger partial charge in [0.15, 0.2) is 0 Å². The summed E-state index contributed by atoms with van der Waals surface area (Å²) in [4.78, 5) is 17.1. The molecule has 2 aliphatic heterocycles. The Morgan fingerprint density at radius 2 is 1.67 bits per heavy atom. The summed E-state index contributed by atoms with van der Waals surface area (Å²) in [6, 6.07) is 10.4. The molecule has 24 heavy (non-hydrogen) atoms. The van der Waals surface area contributed by atoms with Crippen LogP contribution in [-0.2, 0) is 9.53 Å². The van der Waals surface area contributed by atoms with Crippen molar-refractivity contribution < 1.29 is 9.53 Å². The topological polar surface area (TPSA) is 58.8 Å². The molecule has 0 spiro atoms. The van der Waals surface area contributed by atoms with Crippen LogP contribution in [-0.4, -0.2) is 55.7 Å². The van der Waals surface area contributed by atoms with E-state index >= 15 is 0 Å². The minimum absolute atomic E-state index is 0. The van der Waals surface area contributed by atoms with Crippen LogP contribution >= 0.6 is 24.8 Å². The van der Waals surface area contributed by atoms with E-state index in [1.807, 2.05) is 11.0 Å². The predicted octanol–water partition coefficient (Wildman–Crippen LogP) is 2.08. The third kappa shape index (κ3) is 4.76.